The fraction of sp³-hybridized carbons (Fsp3) is 0.250. The molecule has 1 heterocycles. The summed E-state index contributed by atoms with van der Waals surface area (Å²) in [6.45, 7) is 2.58. The Bertz CT molecular complexity index is 667. The molecule has 0 aliphatic rings. The van der Waals surface area contributed by atoms with Gasteiger partial charge in [0.2, 0.25) is 0 Å². The zero-order valence-electron chi connectivity index (χ0n) is 11.3. The van der Waals surface area contributed by atoms with Crippen LogP contribution in [-0.4, -0.2) is 10.4 Å². The third-order valence-corrected chi connectivity index (χ3v) is 3.44. The van der Waals surface area contributed by atoms with Gasteiger partial charge in [-0.25, -0.2) is 0 Å². The van der Waals surface area contributed by atoms with E-state index in [4.69, 9.17) is 16.9 Å². The SMILES string of the molecule is CCCC(=O)c1ccn(Cc2ccc(C#N)cc2Cl)c1. The van der Waals surface area contributed by atoms with Crippen LogP contribution in [0.25, 0.3) is 0 Å². The van der Waals surface area contributed by atoms with Gasteiger partial charge in [-0.2, -0.15) is 5.26 Å². The van der Waals surface area contributed by atoms with E-state index in [0.29, 0.717) is 23.6 Å². The Morgan fingerprint density at radius 1 is 1.40 bits per heavy atom. The van der Waals surface area contributed by atoms with Gasteiger partial charge in [-0.3, -0.25) is 4.79 Å². The highest BCUT2D eigenvalue weighted by molar-refractivity contribution is 6.31. The molecule has 0 saturated carbocycles. The van der Waals surface area contributed by atoms with Crippen molar-refractivity contribution in [2.24, 2.45) is 0 Å². The molecule has 0 radical (unpaired) electrons. The highest BCUT2D eigenvalue weighted by atomic mass is 35.5. The van der Waals surface area contributed by atoms with Crippen molar-refractivity contribution in [3.05, 3.63) is 58.4 Å². The topological polar surface area (TPSA) is 45.8 Å². The van der Waals surface area contributed by atoms with Gasteiger partial charge in [-0.15, -0.1) is 0 Å². The second-order valence-electron chi connectivity index (χ2n) is 4.66. The number of benzene rings is 1. The van der Waals surface area contributed by atoms with Crippen LogP contribution in [0.3, 0.4) is 0 Å². The van der Waals surface area contributed by atoms with Crippen molar-refractivity contribution < 1.29 is 4.79 Å². The zero-order valence-corrected chi connectivity index (χ0v) is 12.0. The lowest BCUT2D eigenvalue weighted by Crippen LogP contribution is -1.99. The molecule has 20 heavy (non-hydrogen) atoms. The summed E-state index contributed by atoms with van der Waals surface area (Å²) < 4.78 is 1.93. The van der Waals surface area contributed by atoms with Crippen LogP contribution in [0.2, 0.25) is 5.02 Å². The van der Waals surface area contributed by atoms with E-state index in [0.717, 1.165) is 17.5 Å². The van der Waals surface area contributed by atoms with E-state index < -0.39 is 0 Å². The van der Waals surface area contributed by atoms with E-state index >= 15 is 0 Å². The minimum Gasteiger partial charge on any atom is -0.349 e. The van der Waals surface area contributed by atoms with E-state index in [2.05, 4.69) is 6.07 Å². The molecule has 0 unspecified atom stereocenters. The number of carbonyl (C=O) groups excluding carboxylic acids is 1. The van der Waals surface area contributed by atoms with Crippen molar-refractivity contribution in [2.75, 3.05) is 0 Å². The second-order valence-corrected chi connectivity index (χ2v) is 5.07. The van der Waals surface area contributed by atoms with Gasteiger partial charge in [0.15, 0.2) is 5.78 Å². The highest BCUT2D eigenvalue weighted by Crippen LogP contribution is 2.19. The average molecular weight is 287 g/mol. The lowest BCUT2D eigenvalue weighted by molar-refractivity contribution is 0.0981. The summed E-state index contributed by atoms with van der Waals surface area (Å²) >= 11 is 6.15. The van der Waals surface area contributed by atoms with E-state index in [1.165, 1.54) is 0 Å². The normalized spacial score (nSPS) is 10.2. The van der Waals surface area contributed by atoms with Crippen LogP contribution in [0.5, 0.6) is 0 Å². The first-order chi connectivity index (χ1) is 9.63. The van der Waals surface area contributed by atoms with Gasteiger partial charge < -0.3 is 4.57 Å². The van der Waals surface area contributed by atoms with Crippen LogP contribution in [0.15, 0.2) is 36.7 Å². The van der Waals surface area contributed by atoms with Crippen molar-refractivity contribution in [3.63, 3.8) is 0 Å². The molecule has 0 bridgehead atoms. The number of hydrogen-bond acceptors (Lipinski definition) is 2. The van der Waals surface area contributed by atoms with Crippen molar-refractivity contribution in [2.45, 2.75) is 26.3 Å². The minimum atomic E-state index is 0.164. The van der Waals surface area contributed by atoms with Gasteiger partial charge in [0.1, 0.15) is 0 Å². The van der Waals surface area contributed by atoms with Gasteiger partial charge in [0, 0.05) is 35.9 Å². The first-order valence-electron chi connectivity index (χ1n) is 6.51. The Balaban J connectivity index is 2.15. The molecule has 2 rings (SSSR count). The third kappa shape index (κ3) is 3.28. The second kappa shape index (κ2) is 6.40. The molecule has 0 saturated heterocycles. The summed E-state index contributed by atoms with van der Waals surface area (Å²) in [5, 5.41) is 9.37. The van der Waals surface area contributed by atoms with E-state index in [-0.39, 0.29) is 5.78 Å². The maximum atomic E-state index is 11.8. The largest absolute Gasteiger partial charge is 0.349 e. The summed E-state index contributed by atoms with van der Waals surface area (Å²) in [7, 11) is 0. The first kappa shape index (κ1) is 14.4. The maximum Gasteiger partial charge on any atom is 0.164 e. The Morgan fingerprint density at radius 3 is 2.85 bits per heavy atom. The molecule has 102 valence electrons. The summed E-state index contributed by atoms with van der Waals surface area (Å²) in [4.78, 5) is 11.8. The van der Waals surface area contributed by atoms with Gasteiger partial charge in [-0.1, -0.05) is 24.6 Å². The zero-order chi connectivity index (χ0) is 14.5. The van der Waals surface area contributed by atoms with E-state index in [1.54, 1.807) is 12.1 Å². The molecule has 0 aliphatic carbocycles. The number of halogens is 1. The smallest absolute Gasteiger partial charge is 0.164 e. The van der Waals surface area contributed by atoms with Gasteiger partial charge >= 0.3 is 0 Å². The molecule has 3 nitrogen and oxygen atoms in total. The number of carbonyl (C=O) groups is 1. The molecule has 0 amide bonds. The molecule has 2 aromatic rings. The molecule has 0 atom stereocenters. The lowest BCUT2D eigenvalue weighted by Gasteiger charge is -2.06. The number of rotatable bonds is 5. The minimum absolute atomic E-state index is 0.164. The van der Waals surface area contributed by atoms with Crippen LogP contribution in [0.1, 0.15) is 41.3 Å². The van der Waals surface area contributed by atoms with Gasteiger partial charge in [0.25, 0.3) is 0 Å². The fourth-order valence-electron chi connectivity index (χ4n) is 2.02. The molecule has 0 aliphatic heterocycles. The maximum absolute atomic E-state index is 11.8. The summed E-state index contributed by atoms with van der Waals surface area (Å²) in [5.74, 6) is 0.164. The number of aromatic nitrogens is 1. The average Bonchev–Trinajstić information content (AvgIpc) is 2.90. The van der Waals surface area contributed by atoms with E-state index in [9.17, 15) is 4.79 Å². The molecular formula is C16H15ClN2O. The van der Waals surface area contributed by atoms with Crippen LogP contribution in [-0.2, 0) is 6.54 Å². The van der Waals surface area contributed by atoms with Gasteiger partial charge in [-0.05, 0) is 30.2 Å². The first-order valence-corrected chi connectivity index (χ1v) is 6.89. The molecule has 4 heteroatoms. The van der Waals surface area contributed by atoms with Crippen molar-refractivity contribution in [3.8, 4) is 6.07 Å². The highest BCUT2D eigenvalue weighted by Gasteiger charge is 2.08. The Morgan fingerprint density at radius 2 is 2.20 bits per heavy atom. The van der Waals surface area contributed by atoms with Crippen LogP contribution < -0.4 is 0 Å². The van der Waals surface area contributed by atoms with Gasteiger partial charge in [0.05, 0.1) is 11.6 Å². The fourth-order valence-corrected chi connectivity index (χ4v) is 2.26. The number of ketones is 1. The monoisotopic (exact) mass is 286 g/mol. The van der Waals surface area contributed by atoms with Crippen molar-refractivity contribution in [1.29, 1.82) is 5.26 Å². The summed E-state index contributed by atoms with van der Waals surface area (Å²) in [5.41, 5.74) is 2.21. The standard InChI is InChI=1S/C16H15ClN2O/c1-2-3-16(20)14-6-7-19(11-14)10-13-5-4-12(9-18)8-15(13)17/h4-8,11H,2-3,10H2,1H3. The number of hydrogen-bond donors (Lipinski definition) is 0. The summed E-state index contributed by atoms with van der Waals surface area (Å²) in [6, 6.07) is 9.13. The Kier molecular flexibility index (Phi) is 4.60. The molecular weight excluding hydrogens is 272 g/mol. The number of nitriles is 1. The van der Waals surface area contributed by atoms with Crippen LogP contribution in [0, 0.1) is 11.3 Å². The Hall–Kier alpha value is -2.05. The third-order valence-electron chi connectivity index (χ3n) is 3.08. The molecule has 1 aromatic heterocycles. The predicted octanol–water partition coefficient (Wildman–Crippen LogP) is 4.04. The van der Waals surface area contributed by atoms with Crippen molar-refractivity contribution >= 4 is 17.4 Å². The van der Waals surface area contributed by atoms with E-state index in [1.807, 2.05) is 36.0 Å². The molecule has 0 N–H and O–H groups in total. The summed E-state index contributed by atoms with van der Waals surface area (Å²) in [6.07, 6.45) is 5.14. The quantitative estimate of drug-likeness (QED) is 0.779. The molecule has 1 aromatic carbocycles. The van der Waals surface area contributed by atoms with Crippen LogP contribution in [0.4, 0.5) is 0 Å². The van der Waals surface area contributed by atoms with Crippen molar-refractivity contribution in [1.82, 2.24) is 4.57 Å². The lowest BCUT2D eigenvalue weighted by atomic mass is 10.1. The predicted molar refractivity (Wildman–Crippen MR) is 78.9 cm³/mol. The van der Waals surface area contributed by atoms with Crippen LogP contribution >= 0.6 is 11.6 Å². The number of Topliss-reactive ketones (excluding diaryl/α,β-unsaturated/α-hetero) is 1. The molecule has 0 fully saturated rings. The Labute approximate surface area is 123 Å². The molecule has 0 spiro atoms. The number of nitrogens with zero attached hydrogens (tertiary/aromatic N) is 2.